The number of halogens is 1. The fourth-order valence-electron chi connectivity index (χ4n) is 2.08. The summed E-state index contributed by atoms with van der Waals surface area (Å²) in [6, 6.07) is 4.29. The molecule has 2 aromatic heterocycles. The first-order valence-electron chi connectivity index (χ1n) is 6.42. The Bertz CT molecular complexity index is 829. The van der Waals surface area contributed by atoms with Gasteiger partial charge < -0.3 is 10.7 Å². The van der Waals surface area contributed by atoms with Crippen molar-refractivity contribution in [3.05, 3.63) is 51.9 Å². The molecule has 21 heavy (non-hydrogen) atoms. The number of H-pyrrole nitrogens is 1. The van der Waals surface area contributed by atoms with E-state index in [2.05, 4.69) is 9.97 Å². The van der Waals surface area contributed by atoms with Gasteiger partial charge in [0.25, 0.3) is 0 Å². The molecule has 0 saturated heterocycles. The number of benzene rings is 1. The highest BCUT2D eigenvalue weighted by Gasteiger charge is 2.22. The van der Waals surface area contributed by atoms with E-state index in [0.717, 1.165) is 0 Å². The number of nitrogens with zero attached hydrogens (tertiary/aromatic N) is 1. The number of thiazole rings is 1. The Morgan fingerprint density at radius 1 is 1.43 bits per heavy atom. The maximum atomic E-state index is 13.2. The number of carbonyl (C=O) groups excluding carboxylic acids is 1. The van der Waals surface area contributed by atoms with E-state index < -0.39 is 5.54 Å². The largest absolute Gasteiger partial charge is 0.360 e. The van der Waals surface area contributed by atoms with Crippen molar-refractivity contribution in [3.63, 3.8) is 0 Å². The van der Waals surface area contributed by atoms with Crippen LogP contribution in [0.1, 0.15) is 34.9 Å². The maximum Gasteiger partial charge on any atom is 0.223 e. The lowest BCUT2D eigenvalue weighted by Gasteiger charge is -2.14. The molecule has 3 N–H and O–H groups in total. The summed E-state index contributed by atoms with van der Waals surface area (Å²) in [6.07, 6.45) is 1.58. The van der Waals surface area contributed by atoms with Gasteiger partial charge in [0.2, 0.25) is 5.78 Å². The van der Waals surface area contributed by atoms with Gasteiger partial charge >= 0.3 is 0 Å². The van der Waals surface area contributed by atoms with Crippen LogP contribution >= 0.6 is 11.3 Å². The lowest BCUT2D eigenvalue weighted by atomic mass is 10.0. The van der Waals surface area contributed by atoms with Crippen LogP contribution in [0.4, 0.5) is 4.39 Å². The van der Waals surface area contributed by atoms with Crippen LogP contribution < -0.4 is 5.73 Å². The number of aromatic amines is 1. The van der Waals surface area contributed by atoms with Gasteiger partial charge in [0.15, 0.2) is 5.01 Å². The Labute approximate surface area is 124 Å². The highest BCUT2D eigenvalue weighted by atomic mass is 32.1. The lowest BCUT2D eigenvalue weighted by Crippen LogP contribution is -2.29. The molecule has 0 aliphatic rings. The Morgan fingerprint density at radius 3 is 2.86 bits per heavy atom. The molecule has 0 bridgehead atoms. The zero-order chi connectivity index (χ0) is 15.2. The number of ketones is 1. The van der Waals surface area contributed by atoms with Crippen LogP contribution in [-0.4, -0.2) is 15.8 Å². The SMILES string of the molecule is CC(C)(N)c1csc(C(=O)c2c[nH]c3cc(F)ccc23)n1. The van der Waals surface area contributed by atoms with Crippen molar-refractivity contribution in [1.29, 1.82) is 0 Å². The molecule has 2 heterocycles. The first kappa shape index (κ1) is 13.9. The van der Waals surface area contributed by atoms with E-state index in [0.29, 0.717) is 27.2 Å². The fraction of sp³-hybridized carbons (Fsp3) is 0.200. The Kier molecular flexibility index (Phi) is 3.15. The van der Waals surface area contributed by atoms with Crippen molar-refractivity contribution < 1.29 is 9.18 Å². The van der Waals surface area contributed by atoms with Gasteiger partial charge in [0.1, 0.15) is 5.82 Å². The third-order valence-electron chi connectivity index (χ3n) is 3.25. The summed E-state index contributed by atoms with van der Waals surface area (Å²) in [5, 5.41) is 2.86. The van der Waals surface area contributed by atoms with Gasteiger partial charge in [-0.05, 0) is 32.0 Å². The molecule has 3 aromatic rings. The molecule has 1 aromatic carbocycles. The monoisotopic (exact) mass is 303 g/mol. The second-order valence-electron chi connectivity index (χ2n) is 5.48. The molecule has 0 amide bonds. The Morgan fingerprint density at radius 2 is 2.19 bits per heavy atom. The van der Waals surface area contributed by atoms with Crippen LogP contribution in [0, 0.1) is 5.82 Å². The van der Waals surface area contributed by atoms with Gasteiger partial charge in [-0.2, -0.15) is 0 Å². The molecule has 0 spiro atoms. The number of hydrogen-bond donors (Lipinski definition) is 2. The lowest BCUT2D eigenvalue weighted by molar-refractivity contribution is 0.103. The number of fused-ring (bicyclic) bond motifs is 1. The normalized spacial score (nSPS) is 12.0. The average Bonchev–Trinajstić information content (AvgIpc) is 3.03. The standard InChI is InChI=1S/C15H14FN3OS/c1-15(2,17)12-7-21-14(19-12)13(20)10-6-18-11-5-8(16)3-4-9(10)11/h3-7,18H,17H2,1-2H3. The zero-order valence-corrected chi connectivity index (χ0v) is 12.4. The van der Waals surface area contributed by atoms with Crippen LogP contribution in [0.5, 0.6) is 0 Å². The predicted molar refractivity (Wildman–Crippen MR) is 81.0 cm³/mol. The number of aromatic nitrogens is 2. The number of nitrogens with two attached hydrogens (primary N) is 1. The third kappa shape index (κ3) is 2.48. The molecule has 0 atom stereocenters. The molecule has 0 aliphatic carbocycles. The maximum absolute atomic E-state index is 13.2. The number of carbonyl (C=O) groups is 1. The van der Waals surface area contributed by atoms with Gasteiger partial charge in [-0.1, -0.05) is 0 Å². The molecule has 0 unspecified atom stereocenters. The Balaban J connectivity index is 2.03. The molecule has 0 aliphatic heterocycles. The summed E-state index contributed by atoms with van der Waals surface area (Å²) in [7, 11) is 0. The van der Waals surface area contributed by atoms with Crippen LogP contribution in [0.15, 0.2) is 29.8 Å². The van der Waals surface area contributed by atoms with Crippen LogP contribution in [-0.2, 0) is 5.54 Å². The average molecular weight is 303 g/mol. The minimum Gasteiger partial charge on any atom is -0.360 e. The third-order valence-corrected chi connectivity index (χ3v) is 4.09. The van der Waals surface area contributed by atoms with E-state index in [1.807, 2.05) is 13.8 Å². The quantitative estimate of drug-likeness (QED) is 0.730. The van der Waals surface area contributed by atoms with Gasteiger partial charge in [0.05, 0.1) is 16.8 Å². The van der Waals surface area contributed by atoms with E-state index in [1.54, 1.807) is 17.6 Å². The number of rotatable bonds is 3. The van der Waals surface area contributed by atoms with Gasteiger partial charge in [-0.3, -0.25) is 4.79 Å². The molecule has 108 valence electrons. The molecule has 0 fully saturated rings. The Hall–Kier alpha value is -2.05. The summed E-state index contributed by atoms with van der Waals surface area (Å²) in [6.45, 7) is 3.68. The highest BCUT2D eigenvalue weighted by Crippen LogP contribution is 2.25. The van der Waals surface area contributed by atoms with Crippen molar-refractivity contribution in [2.45, 2.75) is 19.4 Å². The minimum absolute atomic E-state index is 0.187. The molecule has 6 heteroatoms. The molecule has 0 radical (unpaired) electrons. The van der Waals surface area contributed by atoms with E-state index in [9.17, 15) is 9.18 Å². The summed E-state index contributed by atoms with van der Waals surface area (Å²) in [5.74, 6) is -0.530. The zero-order valence-electron chi connectivity index (χ0n) is 11.6. The second-order valence-corrected chi connectivity index (χ2v) is 6.34. The number of nitrogens with one attached hydrogen (secondary N) is 1. The van der Waals surface area contributed by atoms with Gasteiger partial charge in [-0.15, -0.1) is 11.3 Å². The van der Waals surface area contributed by atoms with E-state index in [4.69, 9.17) is 5.73 Å². The first-order valence-corrected chi connectivity index (χ1v) is 7.30. The van der Waals surface area contributed by atoms with Gasteiger partial charge in [0, 0.05) is 22.5 Å². The minimum atomic E-state index is -0.585. The van der Waals surface area contributed by atoms with Crippen molar-refractivity contribution in [1.82, 2.24) is 9.97 Å². The van der Waals surface area contributed by atoms with Crippen LogP contribution in [0.25, 0.3) is 10.9 Å². The summed E-state index contributed by atoms with van der Waals surface area (Å²) < 4.78 is 13.2. The highest BCUT2D eigenvalue weighted by molar-refractivity contribution is 7.12. The smallest absolute Gasteiger partial charge is 0.223 e. The summed E-state index contributed by atoms with van der Waals surface area (Å²) in [5.41, 5.74) is 7.16. The molecular formula is C15H14FN3OS. The van der Waals surface area contributed by atoms with Crippen molar-refractivity contribution in [2.75, 3.05) is 0 Å². The van der Waals surface area contributed by atoms with E-state index in [1.165, 1.54) is 23.5 Å². The van der Waals surface area contributed by atoms with Crippen molar-refractivity contribution >= 4 is 28.0 Å². The van der Waals surface area contributed by atoms with Gasteiger partial charge in [-0.25, -0.2) is 9.37 Å². The van der Waals surface area contributed by atoms with E-state index in [-0.39, 0.29) is 11.6 Å². The number of hydrogen-bond acceptors (Lipinski definition) is 4. The second kappa shape index (κ2) is 4.75. The van der Waals surface area contributed by atoms with E-state index >= 15 is 0 Å². The summed E-state index contributed by atoms with van der Waals surface area (Å²) in [4.78, 5) is 19.8. The fourth-order valence-corrected chi connectivity index (χ4v) is 3.02. The molecule has 0 saturated carbocycles. The molecule has 4 nitrogen and oxygen atoms in total. The van der Waals surface area contributed by atoms with Crippen molar-refractivity contribution in [3.8, 4) is 0 Å². The summed E-state index contributed by atoms with van der Waals surface area (Å²) >= 11 is 1.27. The first-order chi connectivity index (χ1) is 9.86. The van der Waals surface area contributed by atoms with Crippen molar-refractivity contribution in [2.24, 2.45) is 5.73 Å². The van der Waals surface area contributed by atoms with Crippen LogP contribution in [0.3, 0.4) is 0 Å². The molecule has 3 rings (SSSR count). The van der Waals surface area contributed by atoms with Crippen LogP contribution in [0.2, 0.25) is 0 Å². The molecular weight excluding hydrogens is 289 g/mol. The topological polar surface area (TPSA) is 71.8 Å². The predicted octanol–water partition coefficient (Wildman–Crippen LogP) is 3.19.